The third-order valence-corrected chi connectivity index (χ3v) is 6.55. The Morgan fingerprint density at radius 1 is 1.19 bits per heavy atom. The monoisotopic (exact) mass is 367 g/mol. The topological polar surface area (TPSA) is 67.6 Å². The van der Waals surface area contributed by atoms with E-state index >= 15 is 0 Å². The second-order valence-corrected chi connectivity index (χ2v) is 9.07. The number of hydrogen-bond acceptors (Lipinski definition) is 5. The molecule has 3 N–H and O–H groups in total. The van der Waals surface area contributed by atoms with Crippen LogP contribution in [0.25, 0.3) is 0 Å². The Labute approximate surface area is 160 Å². The van der Waals surface area contributed by atoms with E-state index < -0.39 is 0 Å². The Hall–Kier alpha value is -0.650. The highest BCUT2D eigenvalue weighted by molar-refractivity contribution is 5.76. The Morgan fingerprint density at radius 3 is 2.31 bits per heavy atom. The molecule has 2 fully saturated rings. The normalized spacial score (nSPS) is 29.7. The summed E-state index contributed by atoms with van der Waals surface area (Å²) in [5.41, 5.74) is 6.34. The van der Waals surface area contributed by atoms with Gasteiger partial charge in [-0.3, -0.25) is 4.79 Å². The molecule has 0 radical (unpaired) electrons. The van der Waals surface area contributed by atoms with Crippen LogP contribution in [0.2, 0.25) is 0 Å². The zero-order valence-corrected chi connectivity index (χ0v) is 17.5. The number of esters is 1. The van der Waals surface area contributed by atoms with Crippen LogP contribution in [-0.4, -0.2) is 55.2 Å². The van der Waals surface area contributed by atoms with Crippen LogP contribution in [0.4, 0.5) is 0 Å². The van der Waals surface area contributed by atoms with Crippen molar-refractivity contribution in [1.82, 2.24) is 10.2 Å². The molecule has 2 aliphatic rings. The average Bonchev–Trinajstić information content (AvgIpc) is 2.62. The molecule has 0 amide bonds. The fourth-order valence-electron chi connectivity index (χ4n) is 4.58. The van der Waals surface area contributed by atoms with Gasteiger partial charge in [0.1, 0.15) is 0 Å². The van der Waals surface area contributed by atoms with Crippen LogP contribution in [0.3, 0.4) is 0 Å². The lowest BCUT2D eigenvalue weighted by Crippen LogP contribution is -2.57. The van der Waals surface area contributed by atoms with E-state index in [0.29, 0.717) is 12.6 Å². The molecule has 152 valence electrons. The number of nitrogens with one attached hydrogen (secondary N) is 1. The largest absolute Gasteiger partial charge is 0.466 e. The number of ether oxygens (including phenoxy) is 1. The quantitative estimate of drug-likeness (QED) is 0.646. The van der Waals surface area contributed by atoms with Crippen LogP contribution >= 0.6 is 0 Å². The molecule has 1 saturated heterocycles. The van der Waals surface area contributed by atoms with Gasteiger partial charge >= 0.3 is 5.97 Å². The molecule has 0 aromatic heterocycles. The number of likely N-dealkylation sites (tertiary alicyclic amines) is 1. The van der Waals surface area contributed by atoms with Gasteiger partial charge in [-0.25, -0.2) is 0 Å². The molecular weight excluding hydrogens is 326 g/mol. The Morgan fingerprint density at radius 2 is 1.81 bits per heavy atom. The van der Waals surface area contributed by atoms with Crippen LogP contribution < -0.4 is 11.1 Å². The molecule has 1 aliphatic heterocycles. The van der Waals surface area contributed by atoms with Crippen LogP contribution in [0.1, 0.15) is 72.6 Å². The van der Waals surface area contributed by atoms with Crippen molar-refractivity contribution in [3.8, 4) is 0 Å². The van der Waals surface area contributed by atoms with Crippen LogP contribution in [-0.2, 0) is 9.53 Å². The zero-order chi connectivity index (χ0) is 19.2. The van der Waals surface area contributed by atoms with Crippen LogP contribution in [0.15, 0.2) is 0 Å². The second kappa shape index (κ2) is 9.52. The molecule has 1 heterocycles. The molecule has 0 atom stereocenters. The van der Waals surface area contributed by atoms with E-state index in [9.17, 15) is 4.79 Å². The summed E-state index contributed by atoms with van der Waals surface area (Å²) in [7, 11) is 0. The van der Waals surface area contributed by atoms with Gasteiger partial charge in [-0.05, 0) is 70.9 Å². The number of carbonyl (C=O) groups is 1. The third kappa shape index (κ3) is 5.67. The maximum atomic E-state index is 12.4. The molecule has 1 aliphatic carbocycles. The van der Waals surface area contributed by atoms with E-state index in [1.807, 2.05) is 6.92 Å². The van der Waals surface area contributed by atoms with Crippen molar-refractivity contribution < 1.29 is 9.53 Å². The number of carbonyl (C=O) groups excluding carboxylic acids is 1. The van der Waals surface area contributed by atoms with Gasteiger partial charge in [0, 0.05) is 24.7 Å². The molecule has 1 saturated carbocycles. The molecule has 2 rings (SSSR count). The Balaban J connectivity index is 1.75. The molecule has 26 heavy (non-hydrogen) atoms. The van der Waals surface area contributed by atoms with E-state index in [2.05, 4.69) is 31.0 Å². The van der Waals surface area contributed by atoms with E-state index in [4.69, 9.17) is 10.5 Å². The van der Waals surface area contributed by atoms with Gasteiger partial charge in [-0.1, -0.05) is 20.8 Å². The molecule has 0 unspecified atom stereocenters. The summed E-state index contributed by atoms with van der Waals surface area (Å²) in [6, 6.07) is 0.484. The summed E-state index contributed by atoms with van der Waals surface area (Å²) in [5, 5.41) is 3.72. The van der Waals surface area contributed by atoms with Gasteiger partial charge in [0.05, 0.1) is 12.0 Å². The van der Waals surface area contributed by atoms with Gasteiger partial charge in [-0.15, -0.1) is 0 Å². The summed E-state index contributed by atoms with van der Waals surface area (Å²) in [4.78, 5) is 14.9. The van der Waals surface area contributed by atoms with Crippen molar-refractivity contribution in [3.63, 3.8) is 0 Å². The van der Waals surface area contributed by atoms with Crippen molar-refractivity contribution in [1.29, 1.82) is 0 Å². The maximum absolute atomic E-state index is 12.4. The predicted molar refractivity (Wildman–Crippen MR) is 107 cm³/mol. The fourth-order valence-corrected chi connectivity index (χ4v) is 4.58. The molecule has 5 heteroatoms. The van der Waals surface area contributed by atoms with E-state index in [0.717, 1.165) is 70.5 Å². The van der Waals surface area contributed by atoms with Crippen molar-refractivity contribution in [2.45, 2.75) is 84.2 Å². The lowest BCUT2D eigenvalue weighted by molar-refractivity contribution is -0.158. The standard InChI is InChI=1S/C21H41N3O2/c1-5-20(19(25)26-6-2)9-7-18(8-10-20)23-16-21(22)11-13-24(14-12-21)15-17(3)4/h17-18,23H,5-16,22H2,1-4H3. The number of nitrogens with zero attached hydrogens (tertiary/aromatic N) is 1. The Kier molecular flexibility index (Phi) is 7.92. The zero-order valence-electron chi connectivity index (χ0n) is 17.5. The van der Waals surface area contributed by atoms with Crippen molar-refractivity contribution >= 4 is 5.97 Å². The molecule has 0 spiro atoms. The highest BCUT2D eigenvalue weighted by Crippen LogP contribution is 2.40. The summed E-state index contributed by atoms with van der Waals surface area (Å²) in [5.74, 6) is 0.729. The third-order valence-electron chi connectivity index (χ3n) is 6.55. The maximum Gasteiger partial charge on any atom is 0.312 e. The number of hydrogen-bond donors (Lipinski definition) is 2. The van der Waals surface area contributed by atoms with Gasteiger partial charge in [0.25, 0.3) is 0 Å². The first-order valence-electron chi connectivity index (χ1n) is 10.7. The molecule has 0 aromatic rings. The van der Waals surface area contributed by atoms with E-state index in [-0.39, 0.29) is 16.9 Å². The van der Waals surface area contributed by atoms with Crippen molar-refractivity contribution in [2.24, 2.45) is 17.1 Å². The summed E-state index contributed by atoms with van der Waals surface area (Å²) < 4.78 is 5.34. The van der Waals surface area contributed by atoms with Crippen molar-refractivity contribution in [3.05, 3.63) is 0 Å². The highest BCUT2D eigenvalue weighted by atomic mass is 16.5. The summed E-state index contributed by atoms with van der Waals surface area (Å²) in [6.07, 6.45) is 6.97. The first-order valence-corrected chi connectivity index (χ1v) is 10.7. The highest BCUT2D eigenvalue weighted by Gasteiger charge is 2.42. The predicted octanol–water partition coefficient (Wildman–Crippen LogP) is 2.93. The first-order chi connectivity index (χ1) is 12.3. The lowest BCUT2D eigenvalue weighted by atomic mass is 9.70. The number of rotatable bonds is 8. The van der Waals surface area contributed by atoms with E-state index in [1.165, 1.54) is 6.54 Å². The number of piperidine rings is 1. The van der Waals surface area contributed by atoms with Gasteiger partial charge < -0.3 is 20.7 Å². The molecule has 0 aromatic carbocycles. The van der Waals surface area contributed by atoms with Crippen LogP contribution in [0.5, 0.6) is 0 Å². The average molecular weight is 368 g/mol. The Bertz CT molecular complexity index is 437. The minimum absolute atomic E-state index is 0.00812. The number of nitrogens with two attached hydrogens (primary N) is 1. The fraction of sp³-hybridized carbons (Fsp3) is 0.952. The summed E-state index contributed by atoms with van der Waals surface area (Å²) >= 11 is 0. The summed E-state index contributed by atoms with van der Waals surface area (Å²) in [6.45, 7) is 13.3. The minimum Gasteiger partial charge on any atom is -0.466 e. The van der Waals surface area contributed by atoms with Gasteiger partial charge in [0.15, 0.2) is 0 Å². The minimum atomic E-state index is -0.253. The van der Waals surface area contributed by atoms with E-state index in [1.54, 1.807) is 0 Å². The first kappa shape index (κ1) is 21.6. The smallest absolute Gasteiger partial charge is 0.312 e. The van der Waals surface area contributed by atoms with Gasteiger partial charge in [-0.2, -0.15) is 0 Å². The van der Waals surface area contributed by atoms with Crippen LogP contribution in [0, 0.1) is 11.3 Å². The van der Waals surface area contributed by atoms with Gasteiger partial charge in [0.2, 0.25) is 0 Å². The SMILES string of the molecule is CCOC(=O)C1(CC)CCC(NCC2(N)CCN(CC(C)C)CC2)CC1. The molecular formula is C21H41N3O2. The second-order valence-electron chi connectivity index (χ2n) is 9.07. The molecule has 0 bridgehead atoms. The molecule has 5 nitrogen and oxygen atoms in total. The van der Waals surface area contributed by atoms with Crippen molar-refractivity contribution in [2.75, 3.05) is 32.8 Å². The lowest BCUT2D eigenvalue weighted by Gasteiger charge is -2.42.